The molecule has 0 amide bonds. The van der Waals surface area contributed by atoms with Crippen molar-refractivity contribution in [2.75, 3.05) is 0 Å². The third-order valence-electron chi connectivity index (χ3n) is 3.60. The van der Waals surface area contributed by atoms with Crippen molar-refractivity contribution in [3.63, 3.8) is 0 Å². The maximum absolute atomic E-state index is 3.68. The molecule has 2 unspecified atom stereocenters. The second-order valence-electron chi connectivity index (χ2n) is 4.36. The zero-order valence-corrected chi connectivity index (χ0v) is 10.4. The van der Waals surface area contributed by atoms with E-state index in [2.05, 4.69) is 32.7 Å². The minimum atomic E-state index is 0.845. The molecule has 2 aliphatic carbocycles. The summed E-state index contributed by atoms with van der Waals surface area (Å²) in [7, 11) is 0. The number of rotatable bonds is 3. The van der Waals surface area contributed by atoms with Crippen LogP contribution in [0.1, 0.15) is 24.1 Å². The van der Waals surface area contributed by atoms with Crippen LogP contribution in [-0.4, -0.2) is 6.04 Å². The van der Waals surface area contributed by atoms with Crippen molar-refractivity contribution in [2.45, 2.75) is 31.8 Å². The van der Waals surface area contributed by atoms with Crippen LogP contribution >= 0.6 is 27.3 Å². The van der Waals surface area contributed by atoms with E-state index >= 15 is 0 Å². The van der Waals surface area contributed by atoms with E-state index < -0.39 is 0 Å². The predicted molar refractivity (Wildman–Crippen MR) is 63.5 cm³/mol. The number of fused-ring (bicyclic) bond motifs is 1. The molecule has 2 saturated carbocycles. The Balaban J connectivity index is 1.54. The molecule has 0 bridgehead atoms. The Morgan fingerprint density at radius 1 is 1.43 bits per heavy atom. The lowest BCUT2D eigenvalue weighted by molar-refractivity contribution is 0.562. The predicted octanol–water partition coefficient (Wildman–Crippen LogP) is 3.40. The highest BCUT2D eigenvalue weighted by atomic mass is 79.9. The third-order valence-corrected chi connectivity index (χ3v) is 5.52. The average molecular weight is 272 g/mol. The lowest BCUT2D eigenvalue weighted by Crippen LogP contribution is -2.19. The van der Waals surface area contributed by atoms with Gasteiger partial charge < -0.3 is 5.32 Å². The van der Waals surface area contributed by atoms with Crippen LogP contribution in [0.25, 0.3) is 0 Å². The van der Waals surface area contributed by atoms with Crippen LogP contribution in [0, 0.1) is 11.8 Å². The van der Waals surface area contributed by atoms with Gasteiger partial charge in [-0.05, 0) is 52.1 Å². The topological polar surface area (TPSA) is 12.0 Å². The first-order chi connectivity index (χ1) is 6.86. The standard InChI is InChI=1S/C11H14BrNS/c12-9-4-5-14-10(9)6-13-11-7-2-1-3-8(7)11/h4-5,7-8,11,13H,1-3,6H2. The van der Waals surface area contributed by atoms with Crippen LogP contribution in [0.15, 0.2) is 15.9 Å². The SMILES string of the molecule is Brc1ccsc1CNC1C2CCCC21. The Bertz CT molecular complexity index is 326. The molecule has 1 nitrogen and oxygen atoms in total. The second-order valence-corrected chi connectivity index (χ2v) is 6.21. The lowest BCUT2D eigenvalue weighted by Gasteiger charge is -2.05. The summed E-state index contributed by atoms with van der Waals surface area (Å²) in [5.74, 6) is 2.04. The summed E-state index contributed by atoms with van der Waals surface area (Å²) < 4.78 is 1.26. The van der Waals surface area contributed by atoms with Gasteiger partial charge in [0.05, 0.1) is 0 Å². The van der Waals surface area contributed by atoms with Crippen LogP contribution in [-0.2, 0) is 6.54 Å². The van der Waals surface area contributed by atoms with Gasteiger partial charge >= 0.3 is 0 Å². The van der Waals surface area contributed by atoms with E-state index in [1.54, 1.807) is 0 Å². The van der Waals surface area contributed by atoms with Crippen LogP contribution < -0.4 is 5.32 Å². The molecule has 0 saturated heterocycles. The van der Waals surface area contributed by atoms with Crippen molar-refractivity contribution in [3.05, 3.63) is 20.8 Å². The number of nitrogens with one attached hydrogen (secondary N) is 1. The summed E-state index contributed by atoms with van der Waals surface area (Å²) in [5.41, 5.74) is 0. The fourth-order valence-corrected chi connectivity index (χ4v) is 4.23. The van der Waals surface area contributed by atoms with E-state index in [0.717, 1.165) is 24.4 Å². The van der Waals surface area contributed by atoms with Crippen molar-refractivity contribution < 1.29 is 0 Å². The van der Waals surface area contributed by atoms with Crippen molar-refractivity contribution in [1.82, 2.24) is 5.32 Å². The quantitative estimate of drug-likeness (QED) is 0.889. The molecule has 76 valence electrons. The van der Waals surface area contributed by atoms with Gasteiger partial charge in [-0.25, -0.2) is 0 Å². The molecule has 3 heteroatoms. The summed E-state index contributed by atoms with van der Waals surface area (Å²) in [6, 6.07) is 2.98. The molecule has 14 heavy (non-hydrogen) atoms. The highest BCUT2D eigenvalue weighted by Crippen LogP contribution is 2.52. The Labute approximate surface area is 97.0 Å². The largest absolute Gasteiger partial charge is 0.308 e. The molecule has 1 N–H and O–H groups in total. The van der Waals surface area contributed by atoms with Gasteiger partial charge in [0.1, 0.15) is 0 Å². The molecule has 1 aromatic rings. The maximum Gasteiger partial charge on any atom is 0.0327 e. The molecule has 2 atom stereocenters. The Kier molecular flexibility index (Phi) is 2.42. The van der Waals surface area contributed by atoms with Gasteiger partial charge in [0.15, 0.2) is 0 Å². The number of hydrogen-bond acceptors (Lipinski definition) is 2. The minimum Gasteiger partial charge on any atom is -0.308 e. The zero-order chi connectivity index (χ0) is 9.54. The van der Waals surface area contributed by atoms with E-state index in [4.69, 9.17) is 0 Å². The lowest BCUT2D eigenvalue weighted by atomic mass is 10.2. The average Bonchev–Trinajstić information content (AvgIpc) is 2.57. The molecule has 1 heterocycles. The molecule has 0 aromatic carbocycles. The highest BCUT2D eigenvalue weighted by molar-refractivity contribution is 9.10. The van der Waals surface area contributed by atoms with Crippen LogP contribution in [0.2, 0.25) is 0 Å². The number of halogens is 1. The molecule has 0 spiro atoms. The number of thiophene rings is 1. The van der Waals surface area contributed by atoms with Gasteiger partial charge in [0.25, 0.3) is 0 Å². The van der Waals surface area contributed by atoms with Crippen LogP contribution in [0.5, 0.6) is 0 Å². The van der Waals surface area contributed by atoms with Gasteiger partial charge in [-0.1, -0.05) is 6.42 Å². The van der Waals surface area contributed by atoms with Gasteiger partial charge in [-0.2, -0.15) is 0 Å². The summed E-state index contributed by atoms with van der Waals surface area (Å²) in [4.78, 5) is 1.44. The molecule has 0 radical (unpaired) electrons. The van der Waals surface area contributed by atoms with Crippen molar-refractivity contribution >= 4 is 27.3 Å². The fraction of sp³-hybridized carbons (Fsp3) is 0.636. The van der Waals surface area contributed by atoms with Gasteiger partial charge in [0, 0.05) is 21.9 Å². The van der Waals surface area contributed by atoms with Crippen LogP contribution in [0.4, 0.5) is 0 Å². The van der Waals surface area contributed by atoms with E-state index in [0.29, 0.717) is 0 Å². The van der Waals surface area contributed by atoms with Crippen molar-refractivity contribution in [1.29, 1.82) is 0 Å². The summed E-state index contributed by atoms with van der Waals surface area (Å²) >= 11 is 5.41. The molecular formula is C11H14BrNS. The molecule has 3 rings (SSSR count). The first-order valence-electron chi connectivity index (χ1n) is 5.31. The molecule has 1 aromatic heterocycles. The first-order valence-corrected chi connectivity index (χ1v) is 6.99. The first kappa shape index (κ1) is 9.37. The van der Waals surface area contributed by atoms with Gasteiger partial charge in [-0.3, -0.25) is 0 Å². The van der Waals surface area contributed by atoms with Crippen molar-refractivity contribution in [2.24, 2.45) is 11.8 Å². The Morgan fingerprint density at radius 2 is 2.21 bits per heavy atom. The summed E-state index contributed by atoms with van der Waals surface area (Å²) in [6.45, 7) is 1.05. The minimum absolute atomic E-state index is 0.845. The molecule has 0 aliphatic heterocycles. The van der Waals surface area contributed by atoms with Gasteiger partial charge in [0.2, 0.25) is 0 Å². The fourth-order valence-electron chi connectivity index (χ4n) is 2.79. The highest BCUT2D eigenvalue weighted by Gasteiger charge is 2.51. The van der Waals surface area contributed by atoms with Crippen LogP contribution in [0.3, 0.4) is 0 Å². The molecular weight excluding hydrogens is 258 g/mol. The normalized spacial score (nSPS) is 34.5. The molecule has 2 fully saturated rings. The number of hydrogen-bond donors (Lipinski definition) is 1. The maximum atomic E-state index is 3.68. The van der Waals surface area contributed by atoms with E-state index in [9.17, 15) is 0 Å². The van der Waals surface area contributed by atoms with Gasteiger partial charge in [-0.15, -0.1) is 11.3 Å². The van der Waals surface area contributed by atoms with E-state index in [1.165, 1.54) is 28.6 Å². The van der Waals surface area contributed by atoms with E-state index in [-0.39, 0.29) is 0 Å². The third kappa shape index (κ3) is 1.55. The Hall–Kier alpha value is 0.140. The van der Waals surface area contributed by atoms with Crippen molar-refractivity contribution in [3.8, 4) is 0 Å². The van der Waals surface area contributed by atoms with E-state index in [1.807, 2.05) is 11.3 Å². The smallest absolute Gasteiger partial charge is 0.0327 e. The zero-order valence-electron chi connectivity index (χ0n) is 8.00. The summed E-state index contributed by atoms with van der Waals surface area (Å²) in [6.07, 6.45) is 4.40. The molecule has 2 aliphatic rings. The monoisotopic (exact) mass is 271 g/mol. The summed E-state index contributed by atoms with van der Waals surface area (Å²) in [5, 5.41) is 5.83. The Morgan fingerprint density at radius 3 is 2.86 bits per heavy atom. The second kappa shape index (κ2) is 3.62.